The van der Waals surface area contributed by atoms with Crippen molar-refractivity contribution in [2.45, 2.75) is 37.5 Å². The molecule has 0 unspecified atom stereocenters. The maximum atomic E-state index is 13.2. The lowest BCUT2D eigenvalue weighted by Crippen LogP contribution is -2.53. The first-order valence-electron chi connectivity index (χ1n) is 10.3. The number of carboxylic acid groups (broad SMARTS) is 1. The van der Waals surface area contributed by atoms with Crippen LogP contribution in [0, 0.1) is 0 Å². The van der Waals surface area contributed by atoms with E-state index in [9.17, 15) is 14.4 Å². The van der Waals surface area contributed by atoms with Crippen molar-refractivity contribution in [3.63, 3.8) is 0 Å². The molecule has 3 atom stereocenters. The summed E-state index contributed by atoms with van der Waals surface area (Å²) in [6, 6.07) is 11.2. The Labute approximate surface area is 190 Å². The van der Waals surface area contributed by atoms with Gasteiger partial charge in [-0.2, -0.15) is 0 Å². The van der Waals surface area contributed by atoms with Crippen LogP contribution in [-0.2, 0) is 9.53 Å². The monoisotopic (exact) mass is 458 g/mol. The van der Waals surface area contributed by atoms with Gasteiger partial charge in [0.25, 0.3) is 11.8 Å². The van der Waals surface area contributed by atoms with Crippen LogP contribution in [0.1, 0.15) is 40.0 Å². The van der Waals surface area contributed by atoms with E-state index in [4.69, 9.17) is 26.2 Å². The van der Waals surface area contributed by atoms with Crippen LogP contribution < -0.4 is 10.1 Å². The number of aliphatic carboxylic acids is 1. The topological polar surface area (TPSA) is 105 Å². The van der Waals surface area contributed by atoms with E-state index in [0.717, 1.165) is 0 Å². The van der Waals surface area contributed by atoms with Crippen LogP contribution in [0.25, 0.3) is 0 Å². The molecule has 1 fully saturated rings. The molecule has 8 nitrogen and oxygen atoms in total. The molecule has 2 aromatic carbocycles. The maximum absolute atomic E-state index is 13.2. The van der Waals surface area contributed by atoms with Crippen molar-refractivity contribution in [2.75, 3.05) is 19.0 Å². The molecular formula is C23H23ClN2O6. The van der Waals surface area contributed by atoms with Gasteiger partial charge in [0.1, 0.15) is 18.5 Å². The van der Waals surface area contributed by atoms with E-state index in [2.05, 4.69) is 5.32 Å². The molecule has 4 rings (SSSR count). The van der Waals surface area contributed by atoms with Crippen molar-refractivity contribution >= 4 is 35.1 Å². The van der Waals surface area contributed by atoms with Gasteiger partial charge in [-0.3, -0.25) is 14.4 Å². The molecule has 2 aliphatic heterocycles. The molecule has 0 aromatic heterocycles. The van der Waals surface area contributed by atoms with Crippen LogP contribution in [0.2, 0.25) is 5.02 Å². The second kappa shape index (κ2) is 9.18. The summed E-state index contributed by atoms with van der Waals surface area (Å²) >= 11 is 5.87. The third kappa shape index (κ3) is 4.71. The smallest absolute Gasteiger partial charge is 0.305 e. The van der Waals surface area contributed by atoms with Gasteiger partial charge in [-0.1, -0.05) is 11.6 Å². The fourth-order valence-corrected chi connectivity index (χ4v) is 4.23. The standard InChI is InChI=1S/C23H23ClN2O6/c1-26-18-8-7-16(11-21(27)28)32-20(18)12-31-19-9-6-15(10-17(19)23(26)30)25-22(29)13-2-4-14(24)5-3-13/h2-6,9-10,16,18,20H,7-8,11-12H2,1H3,(H,25,29)(H,27,28)/t16-,18-,20-/m0/s1. The summed E-state index contributed by atoms with van der Waals surface area (Å²) in [4.78, 5) is 38.4. The average molecular weight is 459 g/mol. The molecule has 32 heavy (non-hydrogen) atoms. The van der Waals surface area contributed by atoms with Crippen LogP contribution in [0.15, 0.2) is 42.5 Å². The molecule has 2 aliphatic rings. The predicted octanol–water partition coefficient (Wildman–Crippen LogP) is 3.45. The molecule has 0 bridgehead atoms. The number of fused-ring (bicyclic) bond motifs is 2. The van der Waals surface area contributed by atoms with Crippen LogP contribution >= 0.6 is 11.6 Å². The number of carbonyl (C=O) groups is 3. The Morgan fingerprint density at radius 3 is 2.66 bits per heavy atom. The van der Waals surface area contributed by atoms with E-state index in [-0.39, 0.29) is 30.9 Å². The maximum Gasteiger partial charge on any atom is 0.305 e. The SMILES string of the molecule is CN1C(=O)c2cc(NC(=O)c3ccc(Cl)cc3)ccc2OC[C@@H]2O[C@H](CC(=O)O)CC[C@@H]21. The molecule has 2 amide bonds. The summed E-state index contributed by atoms with van der Waals surface area (Å²) in [7, 11) is 1.70. The van der Waals surface area contributed by atoms with Gasteiger partial charge in [-0.15, -0.1) is 0 Å². The zero-order valence-corrected chi connectivity index (χ0v) is 18.2. The molecule has 9 heteroatoms. The van der Waals surface area contributed by atoms with Crippen molar-refractivity contribution in [3.05, 3.63) is 58.6 Å². The zero-order valence-electron chi connectivity index (χ0n) is 17.4. The molecule has 0 spiro atoms. The number of anilines is 1. The number of nitrogens with one attached hydrogen (secondary N) is 1. The largest absolute Gasteiger partial charge is 0.490 e. The van der Waals surface area contributed by atoms with Gasteiger partial charge < -0.3 is 24.8 Å². The Morgan fingerprint density at radius 1 is 1.19 bits per heavy atom. The van der Waals surface area contributed by atoms with Crippen LogP contribution in [-0.4, -0.2) is 59.7 Å². The number of benzene rings is 2. The van der Waals surface area contributed by atoms with E-state index in [1.165, 1.54) is 0 Å². The Bertz CT molecular complexity index is 1040. The Morgan fingerprint density at radius 2 is 1.94 bits per heavy atom. The number of carboxylic acids is 1. The summed E-state index contributed by atoms with van der Waals surface area (Å²) in [5, 5.41) is 12.4. The van der Waals surface area contributed by atoms with Crippen molar-refractivity contribution in [1.29, 1.82) is 0 Å². The Hall–Kier alpha value is -3.10. The third-order valence-corrected chi connectivity index (χ3v) is 6.03. The second-order valence-corrected chi connectivity index (χ2v) is 8.37. The van der Waals surface area contributed by atoms with Gasteiger partial charge >= 0.3 is 5.97 Å². The van der Waals surface area contributed by atoms with Crippen molar-refractivity contribution in [1.82, 2.24) is 4.90 Å². The normalized spacial score (nSPS) is 22.6. The molecular weight excluding hydrogens is 436 g/mol. The number of hydrogen-bond acceptors (Lipinski definition) is 5. The highest BCUT2D eigenvalue weighted by atomic mass is 35.5. The minimum atomic E-state index is -0.914. The number of carbonyl (C=O) groups excluding carboxylic acids is 2. The average Bonchev–Trinajstić information content (AvgIpc) is 2.76. The number of likely N-dealkylation sites (N-methyl/N-ethyl adjacent to an activating group) is 1. The van der Waals surface area contributed by atoms with Crippen LogP contribution in [0.5, 0.6) is 5.75 Å². The van der Waals surface area contributed by atoms with Crippen molar-refractivity contribution in [3.8, 4) is 5.75 Å². The van der Waals surface area contributed by atoms with Gasteiger partial charge in [-0.25, -0.2) is 0 Å². The molecule has 168 valence electrons. The quantitative estimate of drug-likeness (QED) is 0.727. The lowest BCUT2D eigenvalue weighted by atomic mass is 9.94. The fourth-order valence-electron chi connectivity index (χ4n) is 4.10. The second-order valence-electron chi connectivity index (χ2n) is 7.94. The summed E-state index contributed by atoms with van der Waals surface area (Å²) in [5.74, 6) is -1.10. The van der Waals surface area contributed by atoms with Crippen molar-refractivity contribution in [2.24, 2.45) is 0 Å². The van der Waals surface area contributed by atoms with Crippen molar-refractivity contribution < 1.29 is 29.0 Å². The van der Waals surface area contributed by atoms with Crippen LogP contribution in [0.4, 0.5) is 5.69 Å². The first kappa shape index (κ1) is 22.1. The minimum absolute atomic E-state index is 0.0753. The number of nitrogens with zero attached hydrogens (tertiary/aromatic N) is 1. The van der Waals surface area contributed by atoms with E-state index < -0.39 is 18.2 Å². The summed E-state index contributed by atoms with van der Waals surface area (Å²) in [5.41, 5.74) is 1.25. The first-order valence-corrected chi connectivity index (χ1v) is 10.7. The summed E-state index contributed by atoms with van der Waals surface area (Å²) in [6.45, 7) is 0.196. The highest BCUT2D eigenvalue weighted by Crippen LogP contribution is 2.32. The Kier molecular flexibility index (Phi) is 6.34. The van der Waals surface area contributed by atoms with Gasteiger partial charge in [-0.05, 0) is 55.3 Å². The van der Waals surface area contributed by atoms with Gasteiger partial charge in [0, 0.05) is 23.3 Å². The minimum Gasteiger partial charge on any atom is -0.490 e. The lowest BCUT2D eigenvalue weighted by molar-refractivity contribution is -0.148. The number of rotatable bonds is 4. The summed E-state index contributed by atoms with van der Waals surface area (Å²) < 4.78 is 11.8. The summed E-state index contributed by atoms with van der Waals surface area (Å²) in [6.07, 6.45) is 0.282. The highest BCUT2D eigenvalue weighted by molar-refractivity contribution is 6.30. The van der Waals surface area contributed by atoms with Gasteiger partial charge in [0.2, 0.25) is 0 Å². The number of amides is 2. The molecule has 0 radical (unpaired) electrons. The lowest BCUT2D eigenvalue weighted by Gasteiger charge is -2.42. The van der Waals surface area contributed by atoms with E-state index in [1.54, 1.807) is 54.4 Å². The fraction of sp³-hybridized carbons (Fsp3) is 0.348. The molecule has 2 N–H and O–H groups in total. The predicted molar refractivity (Wildman–Crippen MR) is 117 cm³/mol. The van der Waals surface area contributed by atoms with Gasteiger partial charge in [0.05, 0.1) is 24.1 Å². The molecule has 2 heterocycles. The van der Waals surface area contributed by atoms with Crippen LogP contribution in [0.3, 0.4) is 0 Å². The van der Waals surface area contributed by atoms with E-state index in [1.807, 2.05) is 0 Å². The first-order chi connectivity index (χ1) is 15.3. The number of hydrogen-bond donors (Lipinski definition) is 2. The highest BCUT2D eigenvalue weighted by Gasteiger charge is 2.39. The van der Waals surface area contributed by atoms with E-state index >= 15 is 0 Å². The van der Waals surface area contributed by atoms with Gasteiger partial charge in [0.15, 0.2) is 0 Å². The molecule has 1 saturated heterocycles. The molecule has 0 aliphatic carbocycles. The number of ether oxygens (including phenoxy) is 2. The molecule has 0 saturated carbocycles. The third-order valence-electron chi connectivity index (χ3n) is 5.78. The van der Waals surface area contributed by atoms with E-state index in [0.29, 0.717) is 40.4 Å². The molecule has 2 aromatic rings. The Balaban J connectivity index is 1.53. The zero-order chi connectivity index (χ0) is 22.8. The number of halogens is 1.